The van der Waals surface area contributed by atoms with Crippen LogP contribution in [0.1, 0.15) is 24.1 Å². The highest BCUT2D eigenvalue weighted by molar-refractivity contribution is 5.83. The van der Waals surface area contributed by atoms with Crippen molar-refractivity contribution < 1.29 is 19.0 Å². The molecule has 1 amide bonds. The molecule has 2 aromatic rings. The van der Waals surface area contributed by atoms with E-state index in [0.717, 1.165) is 5.56 Å². The number of rotatable bonds is 6. The smallest absolute Gasteiger partial charge is 0.241 e. The Kier molecular flexibility index (Phi) is 5.05. The molecular weight excluding hydrogens is 364 g/mol. The van der Waals surface area contributed by atoms with E-state index >= 15 is 0 Å². The van der Waals surface area contributed by atoms with Crippen molar-refractivity contribution in [2.45, 2.75) is 24.5 Å². The molecule has 2 N–H and O–H groups in total. The molecule has 0 bridgehead atoms. The Labute approximate surface area is 162 Å². The Morgan fingerprint density at radius 1 is 1.11 bits per heavy atom. The van der Waals surface area contributed by atoms with Gasteiger partial charge in [0.1, 0.15) is 6.04 Å². The molecule has 4 rings (SSSR count). The predicted molar refractivity (Wildman–Crippen MR) is 99.2 cm³/mol. The Balaban J connectivity index is 1.41. The van der Waals surface area contributed by atoms with Crippen molar-refractivity contribution in [2.24, 2.45) is 0 Å². The molecule has 10 heteroatoms. The van der Waals surface area contributed by atoms with Crippen LogP contribution in [0.4, 0.5) is 0 Å². The van der Waals surface area contributed by atoms with E-state index in [1.54, 1.807) is 32.2 Å². The molecule has 2 aliphatic rings. The SMILES string of the molecule is COc1cc(C2CC(C(=O)N3CC(n4ccnn4)C3)NN2)cc(OC)c1OC. The van der Waals surface area contributed by atoms with E-state index in [1.165, 1.54) is 0 Å². The molecule has 150 valence electrons. The van der Waals surface area contributed by atoms with Gasteiger partial charge in [-0.15, -0.1) is 5.10 Å². The number of hydrogen-bond acceptors (Lipinski definition) is 8. The van der Waals surface area contributed by atoms with Crippen molar-refractivity contribution in [3.8, 4) is 17.2 Å². The van der Waals surface area contributed by atoms with Gasteiger partial charge in [0.25, 0.3) is 0 Å². The molecule has 0 radical (unpaired) electrons. The number of carbonyl (C=O) groups is 1. The maximum atomic E-state index is 12.8. The second-order valence-electron chi connectivity index (χ2n) is 6.87. The van der Waals surface area contributed by atoms with Crippen LogP contribution < -0.4 is 25.1 Å². The zero-order chi connectivity index (χ0) is 19.7. The van der Waals surface area contributed by atoms with Gasteiger partial charge < -0.3 is 19.1 Å². The molecule has 28 heavy (non-hydrogen) atoms. The van der Waals surface area contributed by atoms with Gasteiger partial charge in [0.2, 0.25) is 11.7 Å². The lowest BCUT2D eigenvalue weighted by atomic mass is 9.99. The number of aromatic nitrogens is 3. The monoisotopic (exact) mass is 388 g/mol. The van der Waals surface area contributed by atoms with Crippen LogP contribution in [0, 0.1) is 0 Å². The van der Waals surface area contributed by atoms with Crippen LogP contribution in [0.3, 0.4) is 0 Å². The van der Waals surface area contributed by atoms with Crippen LogP contribution in [0.15, 0.2) is 24.5 Å². The molecule has 2 saturated heterocycles. The molecule has 2 aliphatic heterocycles. The average molecular weight is 388 g/mol. The molecule has 3 heterocycles. The fourth-order valence-electron chi connectivity index (χ4n) is 3.67. The van der Waals surface area contributed by atoms with Crippen molar-refractivity contribution in [3.63, 3.8) is 0 Å². The lowest BCUT2D eigenvalue weighted by molar-refractivity contribution is -0.139. The molecule has 1 aromatic heterocycles. The summed E-state index contributed by atoms with van der Waals surface area (Å²) in [5.41, 5.74) is 7.29. The van der Waals surface area contributed by atoms with E-state index in [9.17, 15) is 4.79 Å². The number of nitrogens with zero attached hydrogens (tertiary/aromatic N) is 4. The fraction of sp³-hybridized carbons (Fsp3) is 0.500. The van der Waals surface area contributed by atoms with Crippen LogP contribution in [0.25, 0.3) is 0 Å². The number of methoxy groups -OCH3 is 3. The van der Waals surface area contributed by atoms with E-state index < -0.39 is 0 Å². The Morgan fingerprint density at radius 3 is 2.39 bits per heavy atom. The van der Waals surface area contributed by atoms with E-state index in [2.05, 4.69) is 21.2 Å². The van der Waals surface area contributed by atoms with E-state index in [1.807, 2.05) is 23.2 Å². The number of nitrogens with one attached hydrogen (secondary N) is 2. The molecule has 2 unspecified atom stereocenters. The minimum Gasteiger partial charge on any atom is -0.493 e. The quantitative estimate of drug-likeness (QED) is 0.728. The van der Waals surface area contributed by atoms with Crippen LogP contribution >= 0.6 is 0 Å². The highest BCUT2D eigenvalue weighted by atomic mass is 16.5. The number of hydrazine groups is 1. The first-order valence-electron chi connectivity index (χ1n) is 9.10. The summed E-state index contributed by atoms with van der Waals surface area (Å²) in [5, 5.41) is 7.81. The number of amides is 1. The van der Waals surface area contributed by atoms with E-state index in [4.69, 9.17) is 14.2 Å². The lowest BCUT2D eigenvalue weighted by Gasteiger charge is -2.40. The number of likely N-dealkylation sites (tertiary alicyclic amines) is 1. The first-order valence-corrected chi connectivity index (χ1v) is 9.10. The number of carbonyl (C=O) groups excluding carboxylic acids is 1. The van der Waals surface area contributed by atoms with Crippen LogP contribution in [0.5, 0.6) is 17.2 Å². The molecule has 1 aromatic carbocycles. The fourth-order valence-corrected chi connectivity index (χ4v) is 3.67. The number of ether oxygens (including phenoxy) is 3. The zero-order valence-electron chi connectivity index (χ0n) is 16.1. The van der Waals surface area contributed by atoms with Crippen molar-refractivity contribution in [1.82, 2.24) is 30.7 Å². The van der Waals surface area contributed by atoms with Crippen molar-refractivity contribution in [3.05, 3.63) is 30.1 Å². The summed E-state index contributed by atoms with van der Waals surface area (Å²) < 4.78 is 18.0. The summed E-state index contributed by atoms with van der Waals surface area (Å²) in [4.78, 5) is 14.6. The van der Waals surface area contributed by atoms with E-state index in [-0.39, 0.29) is 24.0 Å². The molecule has 0 saturated carbocycles. The first-order chi connectivity index (χ1) is 13.6. The second-order valence-corrected chi connectivity index (χ2v) is 6.87. The Bertz CT molecular complexity index is 812. The van der Waals surface area contributed by atoms with Gasteiger partial charge in [-0.2, -0.15) is 0 Å². The molecular formula is C18H24N6O4. The van der Waals surface area contributed by atoms with Gasteiger partial charge in [0, 0.05) is 25.3 Å². The van der Waals surface area contributed by atoms with Crippen LogP contribution in [-0.2, 0) is 4.79 Å². The standard InChI is InChI=1S/C18H24N6O4/c1-26-15-6-11(7-16(27-2)17(15)28-3)13-8-14(21-20-13)18(25)23-9-12(10-23)24-5-4-19-22-24/h4-7,12-14,20-21H,8-10H2,1-3H3. The number of hydrogen-bond donors (Lipinski definition) is 2. The highest BCUT2D eigenvalue weighted by Crippen LogP contribution is 2.41. The summed E-state index contributed by atoms with van der Waals surface area (Å²) in [6.45, 7) is 1.30. The van der Waals surface area contributed by atoms with Gasteiger partial charge in [-0.25, -0.2) is 15.5 Å². The lowest BCUT2D eigenvalue weighted by Crippen LogP contribution is -2.56. The summed E-state index contributed by atoms with van der Waals surface area (Å²) in [5.74, 6) is 1.81. The average Bonchev–Trinajstić information content (AvgIpc) is 3.37. The summed E-state index contributed by atoms with van der Waals surface area (Å²) >= 11 is 0. The van der Waals surface area contributed by atoms with Gasteiger partial charge in [-0.1, -0.05) is 5.21 Å². The molecule has 0 spiro atoms. The molecule has 10 nitrogen and oxygen atoms in total. The van der Waals surface area contributed by atoms with Crippen molar-refractivity contribution in [1.29, 1.82) is 0 Å². The summed E-state index contributed by atoms with van der Waals surface area (Å²) in [6, 6.07) is 3.66. The third kappa shape index (κ3) is 3.25. The van der Waals surface area contributed by atoms with Crippen molar-refractivity contribution >= 4 is 5.91 Å². The largest absolute Gasteiger partial charge is 0.493 e. The summed E-state index contributed by atoms with van der Waals surface area (Å²) in [7, 11) is 4.75. The van der Waals surface area contributed by atoms with Crippen LogP contribution in [0.2, 0.25) is 0 Å². The van der Waals surface area contributed by atoms with Gasteiger partial charge in [0.05, 0.1) is 33.6 Å². The minimum atomic E-state index is -0.291. The predicted octanol–water partition coefficient (Wildman–Crippen LogP) is 0.295. The third-order valence-corrected chi connectivity index (χ3v) is 5.28. The molecule has 2 fully saturated rings. The van der Waals surface area contributed by atoms with Crippen molar-refractivity contribution in [2.75, 3.05) is 34.4 Å². The highest BCUT2D eigenvalue weighted by Gasteiger charge is 2.39. The summed E-state index contributed by atoms with van der Waals surface area (Å²) in [6.07, 6.45) is 4.10. The zero-order valence-corrected chi connectivity index (χ0v) is 16.1. The maximum absolute atomic E-state index is 12.8. The first kappa shape index (κ1) is 18.5. The molecule has 2 atom stereocenters. The Hall–Kier alpha value is -2.85. The van der Waals surface area contributed by atoms with Gasteiger partial charge in [-0.05, 0) is 24.1 Å². The van der Waals surface area contributed by atoms with Crippen LogP contribution in [-0.4, -0.2) is 66.3 Å². The second kappa shape index (κ2) is 7.64. The van der Waals surface area contributed by atoms with Gasteiger partial charge >= 0.3 is 0 Å². The number of benzene rings is 1. The minimum absolute atomic E-state index is 0.0463. The Morgan fingerprint density at radius 2 is 1.82 bits per heavy atom. The van der Waals surface area contributed by atoms with Gasteiger partial charge in [-0.3, -0.25) is 4.79 Å². The molecule has 0 aliphatic carbocycles. The maximum Gasteiger partial charge on any atom is 0.241 e. The normalized spacial score (nSPS) is 22.0. The van der Waals surface area contributed by atoms with Gasteiger partial charge in [0.15, 0.2) is 11.5 Å². The van der Waals surface area contributed by atoms with E-state index in [0.29, 0.717) is 36.8 Å². The topological polar surface area (TPSA) is 103 Å². The third-order valence-electron chi connectivity index (χ3n) is 5.28.